The molecule has 1 aromatic heterocycles. The SMILES string of the molecule is Cc1nnc(NC(C)(C)C)c(C#N)c1C. The van der Waals surface area contributed by atoms with E-state index in [4.69, 9.17) is 5.26 Å². The van der Waals surface area contributed by atoms with Gasteiger partial charge in [-0.05, 0) is 40.2 Å². The Bertz CT molecular complexity index is 410. The van der Waals surface area contributed by atoms with E-state index in [0.717, 1.165) is 11.3 Å². The lowest BCUT2D eigenvalue weighted by atomic mass is 10.1. The molecule has 0 spiro atoms. The van der Waals surface area contributed by atoms with Gasteiger partial charge in [0.15, 0.2) is 5.82 Å². The second kappa shape index (κ2) is 3.85. The lowest BCUT2D eigenvalue weighted by Gasteiger charge is -2.22. The number of aryl methyl sites for hydroxylation is 1. The molecule has 0 aromatic carbocycles. The molecule has 1 N–H and O–H groups in total. The van der Waals surface area contributed by atoms with Crippen LogP contribution in [0.25, 0.3) is 0 Å². The van der Waals surface area contributed by atoms with E-state index in [-0.39, 0.29) is 5.54 Å². The first kappa shape index (κ1) is 11.4. The molecule has 0 saturated carbocycles. The molecule has 0 bridgehead atoms. The smallest absolute Gasteiger partial charge is 0.167 e. The highest BCUT2D eigenvalue weighted by Gasteiger charge is 2.16. The minimum atomic E-state index is -0.123. The topological polar surface area (TPSA) is 61.6 Å². The van der Waals surface area contributed by atoms with E-state index in [9.17, 15) is 0 Å². The van der Waals surface area contributed by atoms with Gasteiger partial charge in [-0.25, -0.2) is 0 Å². The Balaban J connectivity index is 3.21. The number of nitrogens with zero attached hydrogens (tertiary/aromatic N) is 3. The van der Waals surface area contributed by atoms with Crippen LogP contribution in [-0.2, 0) is 0 Å². The lowest BCUT2D eigenvalue weighted by molar-refractivity contribution is 0.627. The average Bonchev–Trinajstić information content (AvgIpc) is 2.10. The predicted octanol–water partition coefficient (Wildman–Crippen LogP) is 2.18. The molecule has 1 aromatic rings. The zero-order valence-corrected chi connectivity index (χ0v) is 9.84. The maximum absolute atomic E-state index is 9.06. The lowest BCUT2D eigenvalue weighted by Crippen LogP contribution is -2.27. The molecule has 0 aliphatic carbocycles. The molecule has 1 heterocycles. The molecule has 0 saturated heterocycles. The normalized spacial score (nSPS) is 10.9. The Labute approximate surface area is 90.3 Å². The van der Waals surface area contributed by atoms with Crippen molar-refractivity contribution >= 4 is 5.82 Å². The molecule has 0 atom stereocenters. The van der Waals surface area contributed by atoms with Crippen molar-refractivity contribution < 1.29 is 0 Å². The number of rotatable bonds is 1. The molecule has 4 heteroatoms. The summed E-state index contributed by atoms with van der Waals surface area (Å²) in [7, 11) is 0. The molecule has 0 aliphatic heterocycles. The molecule has 0 unspecified atom stereocenters. The van der Waals surface area contributed by atoms with Crippen LogP contribution in [-0.4, -0.2) is 15.7 Å². The third-order valence-corrected chi connectivity index (χ3v) is 2.06. The Hall–Kier alpha value is -1.63. The number of nitrogens with one attached hydrogen (secondary N) is 1. The van der Waals surface area contributed by atoms with Crippen molar-refractivity contribution in [1.29, 1.82) is 5.26 Å². The zero-order valence-electron chi connectivity index (χ0n) is 9.84. The van der Waals surface area contributed by atoms with E-state index >= 15 is 0 Å². The standard InChI is InChI=1S/C11H16N4/c1-7-8(2)14-15-10(9(7)6-12)13-11(3,4)5/h1-5H3,(H,13,15). The summed E-state index contributed by atoms with van der Waals surface area (Å²) in [4.78, 5) is 0. The second-order valence-electron chi connectivity index (χ2n) is 4.62. The van der Waals surface area contributed by atoms with Gasteiger partial charge in [0.25, 0.3) is 0 Å². The van der Waals surface area contributed by atoms with Gasteiger partial charge in [0.2, 0.25) is 0 Å². The molecule has 4 nitrogen and oxygen atoms in total. The van der Waals surface area contributed by atoms with Crippen molar-refractivity contribution in [3.05, 3.63) is 16.8 Å². The summed E-state index contributed by atoms with van der Waals surface area (Å²) < 4.78 is 0. The highest BCUT2D eigenvalue weighted by molar-refractivity contribution is 5.56. The maximum Gasteiger partial charge on any atom is 0.167 e. The number of hydrogen-bond donors (Lipinski definition) is 1. The van der Waals surface area contributed by atoms with Crippen LogP contribution in [0.5, 0.6) is 0 Å². The fourth-order valence-electron chi connectivity index (χ4n) is 1.19. The second-order valence-corrected chi connectivity index (χ2v) is 4.62. The first-order valence-electron chi connectivity index (χ1n) is 4.87. The molecule has 0 radical (unpaired) electrons. The van der Waals surface area contributed by atoms with E-state index in [1.807, 2.05) is 34.6 Å². The van der Waals surface area contributed by atoms with E-state index in [1.165, 1.54) is 0 Å². The Morgan fingerprint density at radius 2 is 1.80 bits per heavy atom. The monoisotopic (exact) mass is 204 g/mol. The van der Waals surface area contributed by atoms with E-state index in [0.29, 0.717) is 11.4 Å². The van der Waals surface area contributed by atoms with Gasteiger partial charge >= 0.3 is 0 Å². The number of hydrogen-bond acceptors (Lipinski definition) is 4. The van der Waals surface area contributed by atoms with Crippen LogP contribution in [0.3, 0.4) is 0 Å². The van der Waals surface area contributed by atoms with Crippen molar-refractivity contribution in [2.75, 3.05) is 5.32 Å². The van der Waals surface area contributed by atoms with Gasteiger partial charge in [0.1, 0.15) is 11.6 Å². The molecule has 15 heavy (non-hydrogen) atoms. The van der Waals surface area contributed by atoms with Crippen LogP contribution in [0.15, 0.2) is 0 Å². The van der Waals surface area contributed by atoms with Gasteiger partial charge in [-0.2, -0.15) is 10.4 Å². The van der Waals surface area contributed by atoms with Gasteiger partial charge < -0.3 is 5.32 Å². The predicted molar refractivity (Wildman–Crippen MR) is 59.6 cm³/mol. The molecule has 1 rings (SSSR count). The summed E-state index contributed by atoms with van der Waals surface area (Å²) in [6.07, 6.45) is 0. The highest BCUT2D eigenvalue weighted by atomic mass is 15.2. The molecular formula is C11H16N4. The summed E-state index contributed by atoms with van der Waals surface area (Å²) in [6.45, 7) is 9.79. The average molecular weight is 204 g/mol. The summed E-state index contributed by atoms with van der Waals surface area (Å²) in [6, 6.07) is 2.16. The fraction of sp³-hybridized carbons (Fsp3) is 0.545. The van der Waals surface area contributed by atoms with Crippen molar-refractivity contribution in [3.8, 4) is 6.07 Å². The largest absolute Gasteiger partial charge is 0.363 e. The van der Waals surface area contributed by atoms with Crippen LogP contribution in [0.4, 0.5) is 5.82 Å². The summed E-state index contributed by atoms with van der Waals surface area (Å²) in [5.74, 6) is 0.563. The Morgan fingerprint density at radius 3 is 2.27 bits per heavy atom. The summed E-state index contributed by atoms with van der Waals surface area (Å²) in [5.41, 5.74) is 2.14. The molecule has 0 fully saturated rings. The quantitative estimate of drug-likeness (QED) is 0.761. The van der Waals surface area contributed by atoms with Crippen LogP contribution in [0.2, 0.25) is 0 Å². The fourth-order valence-corrected chi connectivity index (χ4v) is 1.19. The summed E-state index contributed by atoms with van der Waals surface area (Å²) in [5, 5.41) is 20.3. The van der Waals surface area contributed by atoms with Crippen LogP contribution < -0.4 is 5.32 Å². The van der Waals surface area contributed by atoms with E-state index in [2.05, 4.69) is 21.6 Å². The third kappa shape index (κ3) is 2.66. The van der Waals surface area contributed by atoms with Crippen molar-refractivity contribution in [2.24, 2.45) is 0 Å². The van der Waals surface area contributed by atoms with Crippen molar-refractivity contribution in [2.45, 2.75) is 40.2 Å². The van der Waals surface area contributed by atoms with Gasteiger partial charge in [-0.1, -0.05) is 0 Å². The van der Waals surface area contributed by atoms with E-state index in [1.54, 1.807) is 0 Å². The van der Waals surface area contributed by atoms with Crippen LogP contribution >= 0.6 is 0 Å². The number of nitriles is 1. The van der Waals surface area contributed by atoms with Crippen molar-refractivity contribution in [1.82, 2.24) is 10.2 Å². The first-order valence-corrected chi connectivity index (χ1v) is 4.87. The van der Waals surface area contributed by atoms with Gasteiger partial charge in [-0.3, -0.25) is 0 Å². The molecule has 80 valence electrons. The number of aromatic nitrogens is 2. The maximum atomic E-state index is 9.06. The highest BCUT2D eigenvalue weighted by Crippen LogP contribution is 2.20. The van der Waals surface area contributed by atoms with E-state index < -0.39 is 0 Å². The Morgan fingerprint density at radius 1 is 1.20 bits per heavy atom. The minimum absolute atomic E-state index is 0.123. The van der Waals surface area contributed by atoms with Gasteiger partial charge in [0, 0.05) is 5.54 Å². The first-order chi connectivity index (χ1) is 6.85. The van der Waals surface area contributed by atoms with Crippen LogP contribution in [0.1, 0.15) is 37.6 Å². The van der Waals surface area contributed by atoms with Gasteiger partial charge in [0.05, 0.1) is 5.69 Å². The molecular weight excluding hydrogens is 188 g/mol. The van der Waals surface area contributed by atoms with Gasteiger partial charge in [-0.15, -0.1) is 5.10 Å². The summed E-state index contributed by atoms with van der Waals surface area (Å²) >= 11 is 0. The third-order valence-electron chi connectivity index (χ3n) is 2.06. The zero-order chi connectivity index (χ0) is 11.6. The minimum Gasteiger partial charge on any atom is -0.363 e. The van der Waals surface area contributed by atoms with Crippen molar-refractivity contribution in [3.63, 3.8) is 0 Å². The number of anilines is 1. The molecule has 0 aliphatic rings. The van der Waals surface area contributed by atoms with Crippen LogP contribution in [0, 0.1) is 25.2 Å². The molecule has 0 amide bonds. The Kier molecular flexibility index (Phi) is 2.94.